The predicted molar refractivity (Wildman–Crippen MR) is 46.4 cm³/mol. The standard InChI is InChI=1S/C7H7BrClN/c1-4-3-6(9)10-7(8)5(4)2/h3H,1-2H3. The molecular weight excluding hydrogens is 213 g/mol. The van der Waals surface area contributed by atoms with E-state index >= 15 is 0 Å². The van der Waals surface area contributed by atoms with Crippen molar-refractivity contribution in [3.05, 3.63) is 26.9 Å². The van der Waals surface area contributed by atoms with Crippen molar-refractivity contribution in [2.45, 2.75) is 13.8 Å². The van der Waals surface area contributed by atoms with Crippen molar-refractivity contribution in [1.29, 1.82) is 0 Å². The summed E-state index contributed by atoms with van der Waals surface area (Å²) in [6.45, 7) is 4.01. The molecule has 0 atom stereocenters. The molecule has 10 heavy (non-hydrogen) atoms. The van der Waals surface area contributed by atoms with Crippen LogP contribution in [0.3, 0.4) is 0 Å². The number of halogens is 2. The van der Waals surface area contributed by atoms with Crippen molar-refractivity contribution in [3.63, 3.8) is 0 Å². The fourth-order valence-electron chi connectivity index (χ4n) is 0.660. The normalized spacial score (nSPS) is 10.0. The van der Waals surface area contributed by atoms with E-state index in [0.717, 1.165) is 15.7 Å². The summed E-state index contributed by atoms with van der Waals surface area (Å²) in [4.78, 5) is 4.02. The van der Waals surface area contributed by atoms with E-state index in [1.165, 1.54) is 0 Å². The first-order valence-corrected chi connectivity index (χ1v) is 4.07. The number of pyridine rings is 1. The van der Waals surface area contributed by atoms with Gasteiger partial charge < -0.3 is 0 Å². The van der Waals surface area contributed by atoms with E-state index in [2.05, 4.69) is 20.9 Å². The first-order valence-electron chi connectivity index (χ1n) is 2.90. The lowest BCUT2D eigenvalue weighted by Crippen LogP contribution is -1.86. The molecule has 1 nitrogen and oxygen atoms in total. The van der Waals surface area contributed by atoms with Gasteiger partial charge in [-0.1, -0.05) is 11.6 Å². The van der Waals surface area contributed by atoms with Crippen LogP contribution in [0.1, 0.15) is 11.1 Å². The predicted octanol–water partition coefficient (Wildman–Crippen LogP) is 3.11. The Bertz CT molecular complexity index is 237. The minimum Gasteiger partial charge on any atom is -0.229 e. The summed E-state index contributed by atoms with van der Waals surface area (Å²) in [5, 5.41) is 0.537. The first-order chi connectivity index (χ1) is 4.61. The average molecular weight is 220 g/mol. The van der Waals surface area contributed by atoms with E-state index in [1.807, 2.05) is 19.9 Å². The van der Waals surface area contributed by atoms with Gasteiger partial charge in [-0.05, 0) is 47.0 Å². The topological polar surface area (TPSA) is 12.9 Å². The third kappa shape index (κ3) is 1.50. The van der Waals surface area contributed by atoms with Crippen molar-refractivity contribution in [3.8, 4) is 0 Å². The Morgan fingerprint density at radius 2 is 2.10 bits per heavy atom. The van der Waals surface area contributed by atoms with Crippen LogP contribution >= 0.6 is 27.5 Å². The lowest BCUT2D eigenvalue weighted by molar-refractivity contribution is 1.17. The summed E-state index contributed by atoms with van der Waals surface area (Å²) < 4.78 is 0.831. The highest BCUT2D eigenvalue weighted by Gasteiger charge is 2.00. The van der Waals surface area contributed by atoms with Crippen LogP contribution in [-0.4, -0.2) is 4.98 Å². The molecule has 54 valence electrons. The zero-order chi connectivity index (χ0) is 7.72. The third-order valence-electron chi connectivity index (χ3n) is 1.44. The molecule has 0 aromatic carbocycles. The van der Waals surface area contributed by atoms with Crippen LogP contribution in [-0.2, 0) is 0 Å². The quantitative estimate of drug-likeness (QED) is 0.612. The van der Waals surface area contributed by atoms with E-state index in [9.17, 15) is 0 Å². The molecule has 0 aliphatic rings. The molecule has 1 aromatic rings. The van der Waals surface area contributed by atoms with E-state index < -0.39 is 0 Å². The minimum atomic E-state index is 0.537. The molecule has 0 radical (unpaired) electrons. The van der Waals surface area contributed by atoms with Crippen molar-refractivity contribution >= 4 is 27.5 Å². The Morgan fingerprint density at radius 3 is 2.60 bits per heavy atom. The van der Waals surface area contributed by atoms with Gasteiger partial charge in [-0.2, -0.15) is 0 Å². The summed E-state index contributed by atoms with van der Waals surface area (Å²) >= 11 is 8.98. The number of aryl methyl sites for hydroxylation is 1. The largest absolute Gasteiger partial charge is 0.229 e. The van der Waals surface area contributed by atoms with Crippen molar-refractivity contribution in [2.24, 2.45) is 0 Å². The second-order valence-electron chi connectivity index (χ2n) is 2.18. The Kier molecular flexibility index (Phi) is 2.32. The highest BCUT2D eigenvalue weighted by Crippen LogP contribution is 2.19. The van der Waals surface area contributed by atoms with Gasteiger partial charge in [0.1, 0.15) is 9.76 Å². The summed E-state index contributed by atoms with van der Waals surface area (Å²) in [6, 6.07) is 1.85. The fourth-order valence-corrected chi connectivity index (χ4v) is 1.51. The number of hydrogen-bond donors (Lipinski definition) is 0. The SMILES string of the molecule is Cc1cc(Cl)nc(Br)c1C. The zero-order valence-corrected chi connectivity index (χ0v) is 8.12. The van der Waals surface area contributed by atoms with Crippen LogP contribution in [0.25, 0.3) is 0 Å². The molecule has 1 rings (SSSR count). The summed E-state index contributed by atoms with van der Waals surface area (Å²) in [5.41, 5.74) is 2.30. The molecular formula is C7H7BrClN. The molecule has 0 unspecified atom stereocenters. The smallest absolute Gasteiger partial charge is 0.130 e. The van der Waals surface area contributed by atoms with Gasteiger partial charge in [-0.25, -0.2) is 4.98 Å². The molecule has 0 saturated heterocycles. The maximum Gasteiger partial charge on any atom is 0.130 e. The Hall–Kier alpha value is -0.0800. The van der Waals surface area contributed by atoms with Gasteiger partial charge in [0.2, 0.25) is 0 Å². The highest BCUT2D eigenvalue weighted by atomic mass is 79.9. The maximum absolute atomic E-state index is 5.68. The molecule has 0 amide bonds. The molecule has 0 N–H and O–H groups in total. The Labute approximate surface area is 73.6 Å². The fraction of sp³-hybridized carbons (Fsp3) is 0.286. The van der Waals surface area contributed by atoms with Gasteiger partial charge in [0.25, 0.3) is 0 Å². The van der Waals surface area contributed by atoms with Crippen LogP contribution in [0.2, 0.25) is 5.15 Å². The summed E-state index contributed by atoms with van der Waals surface area (Å²) in [7, 11) is 0. The van der Waals surface area contributed by atoms with E-state index in [4.69, 9.17) is 11.6 Å². The first kappa shape index (κ1) is 8.02. The molecule has 0 aliphatic carbocycles. The van der Waals surface area contributed by atoms with Crippen molar-refractivity contribution in [1.82, 2.24) is 4.98 Å². The summed E-state index contributed by atoms with van der Waals surface area (Å²) in [6.07, 6.45) is 0. The van der Waals surface area contributed by atoms with Crippen LogP contribution in [0.4, 0.5) is 0 Å². The van der Waals surface area contributed by atoms with Crippen molar-refractivity contribution < 1.29 is 0 Å². The summed E-state index contributed by atoms with van der Waals surface area (Å²) in [5.74, 6) is 0. The van der Waals surface area contributed by atoms with Gasteiger partial charge >= 0.3 is 0 Å². The molecule has 1 heterocycles. The maximum atomic E-state index is 5.68. The number of aromatic nitrogens is 1. The van der Waals surface area contributed by atoms with E-state index in [0.29, 0.717) is 5.15 Å². The van der Waals surface area contributed by atoms with Gasteiger partial charge in [-0.3, -0.25) is 0 Å². The van der Waals surface area contributed by atoms with Gasteiger partial charge in [-0.15, -0.1) is 0 Å². The second-order valence-corrected chi connectivity index (χ2v) is 3.32. The number of rotatable bonds is 0. The van der Waals surface area contributed by atoms with Gasteiger partial charge in [0, 0.05) is 0 Å². The van der Waals surface area contributed by atoms with Crippen LogP contribution < -0.4 is 0 Å². The molecule has 0 fully saturated rings. The molecule has 0 spiro atoms. The molecule has 0 aliphatic heterocycles. The van der Waals surface area contributed by atoms with Gasteiger partial charge in [0.05, 0.1) is 0 Å². The number of nitrogens with zero attached hydrogens (tertiary/aromatic N) is 1. The highest BCUT2D eigenvalue weighted by molar-refractivity contribution is 9.10. The van der Waals surface area contributed by atoms with Gasteiger partial charge in [0.15, 0.2) is 0 Å². The Morgan fingerprint density at radius 1 is 1.50 bits per heavy atom. The second kappa shape index (κ2) is 2.89. The number of hydrogen-bond acceptors (Lipinski definition) is 1. The van der Waals surface area contributed by atoms with Crippen molar-refractivity contribution in [2.75, 3.05) is 0 Å². The van der Waals surface area contributed by atoms with Crippen LogP contribution in [0, 0.1) is 13.8 Å². The molecule has 0 bridgehead atoms. The zero-order valence-electron chi connectivity index (χ0n) is 5.78. The average Bonchev–Trinajstić information content (AvgIpc) is 1.82. The third-order valence-corrected chi connectivity index (χ3v) is 2.41. The van der Waals surface area contributed by atoms with E-state index in [-0.39, 0.29) is 0 Å². The lowest BCUT2D eigenvalue weighted by atomic mass is 10.2. The molecule has 3 heteroatoms. The molecule has 1 aromatic heterocycles. The van der Waals surface area contributed by atoms with Crippen LogP contribution in [0.15, 0.2) is 10.7 Å². The lowest BCUT2D eigenvalue weighted by Gasteiger charge is -2.00. The Balaban J connectivity index is 3.31. The molecule has 0 saturated carbocycles. The monoisotopic (exact) mass is 219 g/mol. The van der Waals surface area contributed by atoms with E-state index in [1.54, 1.807) is 0 Å². The van der Waals surface area contributed by atoms with Crippen LogP contribution in [0.5, 0.6) is 0 Å². The minimum absolute atomic E-state index is 0.537.